The second-order valence-electron chi connectivity index (χ2n) is 18.1. The van der Waals surface area contributed by atoms with Gasteiger partial charge in [0.1, 0.15) is 36.1 Å². The number of epoxide rings is 3. The van der Waals surface area contributed by atoms with E-state index in [1.807, 2.05) is 172 Å². The van der Waals surface area contributed by atoms with Crippen LogP contribution in [0.1, 0.15) is 89.1 Å². The first-order valence-electron chi connectivity index (χ1n) is 24.5. The molecule has 0 aromatic heterocycles. The third-order valence-corrected chi connectivity index (χ3v) is 12.2. The lowest BCUT2D eigenvalue weighted by Crippen LogP contribution is -2.49. The fourth-order valence-electron chi connectivity index (χ4n) is 7.39. The van der Waals surface area contributed by atoms with Crippen molar-refractivity contribution in [1.82, 2.24) is 10.6 Å². The Labute approximate surface area is 431 Å². The largest absolute Gasteiger partial charge is 0.445 e. The summed E-state index contributed by atoms with van der Waals surface area (Å²) >= 11 is 0. The highest BCUT2D eigenvalue weighted by molar-refractivity contribution is 5.95. The van der Waals surface area contributed by atoms with E-state index >= 15 is 0 Å². The van der Waals surface area contributed by atoms with Gasteiger partial charge >= 0.3 is 12.2 Å². The lowest BCUT2D eigenvalue weighted by molar-refractivity contribution is -0.126. The fraction of sp³-hybridized carbons (Fsp3) is 0.414. The number of alkyl carbamates (subject to hydrolysis) is 2. The molecular formula is C58H75N5O10. The van der Waals surface area contributed by atoms with E-state index in [1.165, 1.54) is 5.56 Å². The van der Waals surface area contributed by atoms with Gasteiger partial charge in [-0.15, -0.1) is 0 Å². The zero-order valence-corrected chi connectivity index (χ0v) is 42.1. The van der Waals surface area contributed by atoms with Crippen LogP contribution in [0.4, 0.5) is 9.59 Å². The molecule has 15 nitrogen and oxygen atoms in total. The molecule has 7 atom stereocenters. The monoisotopic (exact) mass is 1000 g/mol. The van der Waals surface area contributed by atoms with Crippen LogP contribution in [-0.2, 0) is 65.7 Å². The molecule has 8 rings (SSSR count). The summed E-state index contributed by atoms with van der Waals surface area (Å²) in [5.74, 6) is -0.0754. The minimum atomic E-state index is -0.784. The predicted octanol–water partition coefficient (Wildman–Crippen LogP) is 9.33. The van der Waals surface area contributed by atoms with Gasteiger partial charge in [0.25, 0.3) is 0 Å². The van der Waals surface area contributed by atoms with Crippen molar-refractivity contribution in [3.63, 3.8) is 0 Å². The van der Waals surface area contributed by atoms with Crippen LogP contribution < -0.4 is 16.4 Å². The number of ether oxygens (including phenoxy) is 5. The summed E-state index contributed by atoms with van der Waals surface area (Å²) in [6.45, 7) is 11.2. The molecule has 3 unspecified atom stereocenters. The molecule has 5 aromatic rings. The molecule has 0 bridgehead atoms. The van der Waals surface area contributed by atoms with Gasteiger partial charge in [-0.2, -0.15) is 0 Å². The first-order chi connectivity index (χ1) is 34.7. The van der Waals surface area contributed by atoms with Gasteiger partial charge < -0.3 is 45.2 Å². The molecule has 3 heterocycles. The van der Waals surface area contributed by atoms with Crippen molar-refractivity contribution in [1.29, 1.82) is 10.8 Å². The average Bonchev–Trinajstić information content (AvgIpc) is 4.39. The summed E-state index contributed by atoms with van der Waals surface area (Å²) in [7, 11) is 0. The number of carbonyl (C=O) groups is 4. The molecule has 3 saturated heterocycles. The van der Waals surface area contributed by atoms with E-state index in [9.17, 15) is 24.3 Å². The van der Waals surface area contributed by atoms with Crippen molar-refractivity contribution in [2.45, 2.75) is 135 Å². The van der Waals surface area contributed by atoms with E-state index in [1.54, 1.807) is 13.8 Å². The first kappa shape index (κ1) is 60.5. The van der Waals surface area contributed by atoms with Gasteiger partial charge in [0.2, 0.25) is 0 Å². The van der Waals surface area contributed by atoms with Crippen LogP contribution in [0.5, 0.6) is 0 Å². The Balaban J connectivity index is 0.000000285. The van der Waals surface area contributed by atoms with Crippen molar-refractivity contribution in [3.05, 3.63) is 179 Å². The molecule has 392 valence electrons. The summed E-state index contributed by atoms with van der Waals surface area (Å²) in [5.41, 5.74) is 9.21. The zero-order chi connectivity index (χ0) is 52.4. The number of hydrogen-bond donors (Lipinski definition) is 4. The molecule has 0 spiro atoms. The molecule has 5 aromatic carbocycles. The van der Waals surface area contributed by atoms with E-state index in [2.05, 4.69) is 10.6 Å². The van der Waals surface area contributed by atoms with Crippen LogP contribution in [0.15, 0.2) is 152 Å². The van der Waals surface area contributed by atoms with E-state index < -0.39 is 53.2 Å². The Hall–Kier alpha value is -6.80. The number of Topliss-reactive ketones (excluding diaryl/α,β-unsaturated/α-hetero) is 2. The topological polar surface area (TPSA) is 242 Å². The maximum Gasteiger partial charge on any atom is 0.408 e. The van der Waals surface area contributed by atoms with Crippen LogP contribution in [0, 0.1) is 10.8 Å². The number of amides is 2. The van der Waals surface area contributed by atoms with Crippen LogP contribution in [0.3, 0.4) is 0 Å². The maximum absolute atomic E-state index is 12.7. The molecule has 0 saturated carbocycles. The van der Waals surface area contributed by atoms with Gasteiger partial charge in [0, 0.05) is 10.8 Å². The smallest absolute Gasteiger partial charge is 0.408 e. The van der Waals surface area contributed by atoms with E-state index in [-0.39, 0.29) is 32.2 Å². The number of aryl methyl sites for hydroxylation is 3. The number of ketones is 2. The van der Waals surface area contributed by atoms with Gasteiger partial charge in [-0.05, 0) is 87.1 Å². The lowest BCUT2D eigenvalue weighted by Gasteiger charge is -2.26. The third-order valence-electron chi connectivity index (χ3n) is 12.2. The van der Waals surface area contributed by atoms with Gasteiger partial charge in [-0.25, -0.2) is 9.59 Å². The Morgan fingerprint density at radius 1 is 0.548 bits per heavy atom. The Bertz CT molecular complexity index is 2380. The first-order valence-corrected chi connectivity index (χ1v) is 24.5. The second-order valence-corrected chi connectivity index (χ2v) is 18.1. The van der Waals surface area contributed by atoms with E-state index in [4.69, 9.17) is 40.2 Å². The summed E-state index contributed by atoms with van der Waals surface area (Å²) in [4.78, 5) is 48.8. The van der Waals surface area contributed by atoms with Crippen LogP contribution in [0.2, 0.25) is 0 Å². The quantitative estimate of drug-likeness (QED) is 0.0396. The number of benzene rings is 5. The number of aliphatic hydroxyl groups excluding tert-OH is 1. The van der Waals surface area contributed by atoms with Gasteiger partial charge in [0.15, 0.2) is 11.6 Å². The Morgan fingerprint density at radius 2 is 0.877 bits per heavy atom. The fourth-order valence-corrected chi connectivity index (χ4v) is 7.39. The van der Waals surface area contributed by atoms with Gasteiger partial charge in [-0.1, -0.05) is 173 Å². The van der Waals surface area contributed by atoms with Crippen molar-refractivity contribution in [2.24, 2.45) is 5.73 Å². The normalized spacial score (nSPS) is 20.0. The number of hydrogen-bond acceptors (Lipinski definition) is 13. The standard InChI is InChI=1S/C21H25NO4.C21H23NO4.C13H17NO2.C2H6.CH4.N2/c2*1-21(15-26-21)19(23)18(13-12-16-8-4-2-5-9-16)22-20(24)25-14-17-10-6-3-7-11-17;1-13(9-16-13)12(15)11(14)8-7-10-5-3-2-4-6-10;1-2;;1-2/h2-11,18-19,23H,12-15H2,1H3,(H,22,24);2-11,18H,12-15H2,1H3,(H,22,24);2-6,11H,7-9,14H2,1H3;1-2H3;1H4;/t18?,19-,21+;18?,21-;11?,13-;;;/m111.../s1. The summed E-state index contributed by atoms with van der Waals surface area (Å²) in [6, 6.07) is 47.4. The zero-order valence-electron chi connectivity index (χ0n) is 42.1. The molecule has 2 amide bonds. The number of nitrogens with two attached hydrogens (primary N) is 1. The number of carbonyl (C=O) groups excluding carboxylic acids is 4. The minimum absolute atomic E-state index is 0. The second kappa shape index (κ2) is 30.9. The van der Waals surface area contributed by atoms with Gasteiger partial charge in [-0.3, -0.25) is 9.59 Å². The van der Waals surface area contributed by atoms with Crippen molar-refractivity contribution >= 4 is 23.8 Å². The SMILES string of the molecule is C.CC.C[C@@]1([C@H](O)C(CCc2ccccc2)NC(=O)OCc2ccccc2)CO1.C[C@]1(C(=O)C(CCc2ccccc2)NC(=O)OCc2ccccc2)CO1.C[C@]1(C(=O)C(N)CCc2ccccc2)CO1.N#N. The lowest BCUT2D eigenvalue weighted by atomic mass is 9.93. The van der Waals surface area contributed by atoms with Crippen LogP contribution in [0.25, 0.3) is 0 Å². The molecule has 15 heteroatoms. The van der Waals surface area contributed by atoms with Crippen molar-refractivity contribution < 1.29 is 48.0 Å². The molecule has 0 radical (unpaired) electrons. The number of nitrogens with zero attached hydrogens (tertiary/aromatic N) is 2. The molecule has 5 N–H and O–H groups in total. The molecule has 3 aliphatic rings. The maximum atomic E-state index is 12.7. The minimum Gasteiger partial charge on any atom is -0.445 e. The average molecular weight is 1000 g/mol. The van der Waals surface area contributed by atoms with E-state index in [0.717, 1.165) is 35.1 Å². The molecule has 3 fully saturated rings. The van der Waals surface area contributed by atoms with Crippen molar-refractivity contribution in [3.8, 4) is 0 Å². The molecule has 3 aliphatic heterocycles. The molecular weight excluding hydrogens is 927 g/mol. The van der Waals surface area contributed by atoms with E-state index in [0.29, 0.717) is 45.5 Å². The summed E-state index contributed by atoms with van der Waals surface area (Å²) in [6.07, 6.45) is 2.15. The third kappa shape index (κ3) is 21.1. The van der Waals surface area contributed by atoms with Crippen molar-refractivity contribution in [2.75, 3.05) is 19.8 Å². The Kier molecular flexibility index (Phi) is 25.6. The molecule has 0 aliphatic carbocycles. The predicted molar refractivity (Wildman–Crippen MR) is 280 cm³/mol. The van der Waals surface area contributed by atoms with Gasteiger partial charge in [0.05, 0.1) is 37.9 Å². The van der Waals surface area contributed by atoms with Crippen LogP contribution in [-0.4, -0.2) is 89.7 Å². The number of rotatable bonds is 21. The number of aliphatic hydroxyl groups is 1. The Morgan fingerprint density at radius 3 is 1.25 bits per heavy atom. The highest BCUT2D eigenvalue weighted by Gasteiger charge is 2.51. The summed E-state index contributed by atoms with van der Waals surface area (Å²) < 4.78 is 26.3. The number of nitrogens with one attached hydrogen (secondary N) is 2. The highest BCUT2D eigenvalue weighted by Crippen LogP contribution is 2.33. The summed E-state index contributed by atoms with van der Waals surface area (Å²) in [5, 5.41) is 28.2. The van der Waals surface area contributed by atoms with Crippen LogP contribution >= 0.6 is 0 Å². The highest BCUT2D eigenvalue weighted by atomic mass is 16.6. The molecule has 73 heavy (non-hydrogen) atoms.